The Morgan fingerprint density at radius 3 is 2.00 bits per heavy atom. The number of benzene rings is 1. The molecule has 1 fully saturated rings. The van der Waals surface area contributed by atoms with Crippen molar-refractivity contribution in [2.45, 2.75) is 58.1 Å². The molecule has 1 aliphatic heterocycles. The van der Waals surface area contributed by atoms with Gasteiger partial charge in [0.1, 0.15) is 0 Å². The second-order valence-electron chi connectivity index (χ2n) is 6.23. The third-order valence-corrected chi connectivity index (χ3v) is 4.22. The maximum absolute atomic E-state index is 6.03. The second-order valence-corrected chi connectivity index (χ2v) is 6.23. The van der Waals surface area contributed by atoms with Crippen molar-refractivity contribution >= 4 is 7.12 Å². The van der Waals surface area contributed by atoms with E-state index in [4.69, 9.17) is 9.31 Å². The summed E-state index contributed by atoms with van der Waals surface area (Å²) < 4.78 is 12.1. The molecule has 0 spiro atoms. The van der Waals surface area contributed by atoms with Crippen LogP contribution in [0.3, 0.4) is 0 Å². The van der Waals surface area contributed by atoms with Crippen LogP contribution in [0.1, 0.15) is 46.1 Å². The molecule has 1 saturated heterocycles. The van der Waals surface area contributed by atoms with Gasteiger partial charge in [0, 0.05) is 0 Å². The van der Waals surface area contributed by atoms with E-state index in [1.165, 1.54) is 5.56 Å². The Morgan fingerprint density at radius 1 is 1.00 bits per heavy atom. The average Bonchev–Trinajstić information content (AvgIpc) is 2.48. The summed E-state index contributed by atoms with van der Waals surface area (Å²) in [4.78, 5) is 0. The van der Waals surface area contributed by atoms with E-state index < -0.39 is 0 Å². The molecule has 1 aliphatic rings. The average molecular weight is 246 g/mol. The lowest BCUT2D eigenvalue weighted by Gasteiger charge is -2.32. The third-order valence-electron chi connectivity index (χ3n) is 4.22. The molecular weight excluding hydrogens is 223 g/mol. The van der Waals surface area contributed by atoms with Crippen molar-refractivity contribution < 1.29 is 9.31 Å². The van der Waals surface area contributed by atoms with Crippen LogP contribution in [0.4, 0.5) is 0 Å². The van der Waals surface area contributed by atoms with Crippen molar-refractivity contribution in [3.63, 3.8) is 0 Å². The van der Waals surface area contributed by atoms with Crippen LogP contribution in [-0.4, -0.2) is 18.3 Å². The van der Waals surface area contributed by atoms with E-state index in [-0.39, 0.29) is 18.3 Å². The number of hydrogen-bond donors (Lipinski definition) is 0. The van der Waals surface area contributed by atoms with Gasteiger partial charge in [-0.1, -0.05) is 37.3 Å². The highest BCUT2D eigenvalue weighted by atomic mass is 16.7. The Kier molecular flexibility index (Phi) is 3.57. The maximum Gasteiger partial charge on any atom is 0.458 e. The molecule has 98 valence electrons. The number of rotatable bonds is 3. The van der Waals surface area contributed by atoms with Crippen LogP contribution in [-0.2, 0) is 9.31 Å². The lowest BCUT2D eigenvalue weighted by Crippen LogP contribution is -2.41. The third kappa shape index (κ3) is 2.62. The Balaban J connectivity index is 2.00. The zero-order valence-electron chi connectivity index (χ0n) is 12.1. The Labute approximate surface area is 111 Å². The van der Waals surface area contributed by atoms with E-state index in [0.29, 0.717) is 5.92 Å². The van der Waals surface area contributed by atoms with Gasteiger partial charge in [-0.05, 0) is 45.5 Å². The fraction of sp³-hybridized carbons (Fsp3) is 0.600. The molecule has 2 nitrogen and oxygen atoms in total. The zero-order chi connectivity index (χ0) is 13.4. The molecule has 3 heteroatoms. The van der Waals surface area contributed by atoms with E-state index in [1.807, 2.05) is 6.07 Å². The molecule has 0 aromatic heterocycles. The molecule has 1 atom stereocenters. The minimum absolute atomic E-state index is 0.106. The maximum atomic E-state index is 6.03. The van der Waals surface area contributed by atoms with Gasteiger partial charge in [0.25, 0.3) is 0 Å². The van der Waals surface area contributed by atoms with Crippen molar-refractivity contribution in [2.75, 3.05) is 0 Å². The lowest BCUT2D eigenvalue weighted by atomic mass is 9.75. The molecule has 1 heterocycles. The molecule has 0 saturated carbocycles. The minimum atomic E-state index is -0.228. The monoisotopic (exact) mass is 246 g/mol. The molecule has 0 aliphatic carbocycles. The van der Waals surface area contributed by atoms with E-state index >= 15 is 0 Å². The van der Waals surface area contributed by atoms with E-state index in [2.05, 4.69) is 58.9 Å². The molecule has 2 rings (SSSR count). The smallest absolute Gasteiger partial charge is 0.403 e. The van der Waals surface area contributed by atoms with Gasteiger partial charge in [0.2, 0.25) is 0 Å². The van der Waals surface area contributed by atoms with Gasteiger partial charge in [0.15, 0.2) is 0 Å². The van der Waals surface area contributed by atoms with Crippen molar-refractivity contribution in [1.82, 2.24) is 0 Å². The van der Waals surface area contributed by atoms with Gasteiger partial charge in [-0.15, -0.1) is 0 Å². The first-order chi connectivity index (χ1) is 8.32. The zero-order valence-corrected chi connectivity index (χ0v) is 12.1. The SMILES string of the molecule is CC(CB1OC(C)(C)C(C)(C)O1)c1ccccc1. The summed E-state index contributed by atoms with van der Waals surface area (Å²) in [6.07, 6.45) is 0.900. The Hall–Kier alpha value is -0.795. The normalized spacial score (nSPS) is 23.1. The molecule has 1 aromatic rings. The van der Waals surface area contributed by atoms with Crippen LogP contribution < -0.4 is 0 Å². The molecule has 1 unspecified atom stereocenters. The summed E-state index contributed by atoms with van der Waals surface area (Å²) in [5.41, 5.74) is 0.884. The van der Waals surface area contributed by atoms with Crippen LogP contribution in [0.2, 0.25) is 6.32 Å². The predicted octanol–water partition coefficient (Wildman–Crippen LogP) is 3.88. The highest BCUT2D eigenvalue weighted by Gasteiger charge is 2.51. The quantitative estimate of drug-likeness (QED) is 0.753. The summed E-state index contributed by atoms with van der Waals surface area (Å²) in [7, 11) is -0.106. The summed E-state index contributed by atoms with van der Waals surface area (Å²) >= 11 is 0. The van der Waals surface area contributed by atoms with Gasteiger partial charge >= 0.3 is 7.12 Å². The van der Waals surface area contributed by atoms with Crippen LogP contribution in [0.25, 0.3) is 0 Å². The highest BCUT2D eigenvalue weighted by molar-refractivity contribution is 6.45. The minimum Gasteiger partial charge on any atom is -0.403 e. The number of hydrogen-bond acceptors (Lipinski definition) is 2. The summed E-state index contributed by atoms with van der Waals surface area (Å²) in [5, 5.41) is 0. The first-order valence-corrected chi connectivity index (χ1v) is 6.72. The summed E-state index contributed by atoms with van der Waals surface area (Å²) in [6, 6.07) is 10.5. The summed E-state index contributed by atoms with van der Waals surface area (Å²) in [6.45, 7) is 10.6. The van der Waals surface area contributed by atoms with Gasteiger partial charge in [-0.2, -0.15) is 0 Å². The topological polar surface area (TPSA) is 18.5 Å². The standard InChI is InChI=1S/C15H23BO2/c1-12(13-9-7-6-8-10-13)11-16-17-14(2,3)15(4,5)18-16/h6-10,12H,11H2,1-5H3. The van der Waals surface area contributed by atoms with E-state index in [0.717, 1.165) is 6.32 Å². The van der Waals surface area contributed by atoms with E-state index in [1.54, 1.807) is 0 Å². The van der Waals surface area contributed by atoms with E-state index in [9.17, 15) is 0 Å². The molecule has 0 radical (unpaired) electrons. The van der Waals surface area contributed by atoms with Gasteiger partial charge in [-0.3, -0.25) is 0 Å². The predicted molar refractivity (Wildman–Crippen MR) is 75.7 cm³/mol. The molecule has 0 amide bonds. The van der Waals surface area contributed by atoms with Gasteiger partial charge in [0.05, 0.1) is 11.2 Å². The van der Waals surface area contributed by atoms with Gasteiger partial charge < -0.3 is 9.31 Å². The fourth-order valence-corrected chi connectivity index (χ4v) is 2.27. The van der Waals surface area contributed by atoms with Crippen LogP contribution >= 0.6 is 0 Å². The second kappa shape index (κ2) is 4.71. The Bertz CT molecular complexity index is 384. The lowest BCUT2D eigenvalue weighted by molar-refractivity contribution is 0.00578. The van der Waals surface area contributed by atoms with Crippen LogP contribution in [0, 0.1) is 0 Å². The Morgan fingerprint density at radius 2 is 1.50 bits per heavy atom. The highest BCUT2D eigenvalue weighted by Crippen LogP contribution is 2.39. The summed E-state index contributed by atoms with van der Waals surface area (Å²) in [5.74, 6) is 0.445. The largest absolute Gasteiger partial charge is 0.458 e. The van der Waals surface area contributed by atoms with Crippen molar-refractivity contribution in [1.29, 1.82) is 0 Å². The first kappa shape index (κ1) is 13.6. The van der Waals surface area contributed by atoms with Crippen LogP contribution in [0.5, 0.6) is 0 Å². The van der Waals surface area contributed by atoms with Crippen molar-refractivity contribution in [2.24, 2.45) is 0 Å². The molecule has 0 bridgehead atoms. The molecule has 1 aromatic carbocycles. The first-order valence-electron chi connectivity index (χ1n) is 6.72. The fourth-order valence-electron chi connectivity index (χ4n) is 2.27. The van der Waals surface area contributed by atoms with Gasteiger partial charge in [-0.25, -0.2) is 0 Å². The van der Waals surface area contributed by atoms with Crippen molar-refractivity contribution in [3.8, 4) is 0 Å². The molecular formula is C15H23BO2. The van der Waals surface area contributed by atoms with Crippen LogP contribution in [0.15, 0.2) is 30.3 Å². The molecule has 18 heavy (non-hydrogen) atoms. The molecule has 0 N–H and O–H groups in total. The van der Waals surface area contributed by atoms with Crippen molar-refractivity contribution in [3.05, 3.63) is 35.9 Å².